The summed E-state index contributed by atoms with van der Waals surface area (Å²) in [6.07, 6.45) is 1.04. The number of nitrogens with one attached hydrogen (secondary N) is 1. The van der Waals surface area contributed by atoms with Gasteiger partial charge in [-0.15, -0.1) is 0 Å². The average Bonchev–Trinajstić information content (AvgIpc) is 2.64. The summed E-state index contributed by atoms with van der Waals surface area (Å²) in [7, 11) is -3.50. The van der Waals surface area contributed by atoms with E-state index in [0.717, 1.165) is 21.3 Å². The van der Waals surface area contributed by atoms with Crippen molar-refractivity contribution < 1.29 is 13.2 Å². The molecule has 0 bridgehead atoms. The maximum absolute atomic E-state index is 12.8. The van der Waals surface area contributed by atoms with E-state index in [1.165, 1.54) is 4.31 Å². The molecule has 0 aromatic heterocycles. The number of sulfonamides is 1. The number of piperidine rings is 1. The summed E-state index contributed by atoms with van der Waals surface area (Å²) in [6, 6.07) is 12.6. The molecule has 7 heteroatoms. The third-order valence-corrected chi connectivity index (χ3v) is 7.34. The number of anilines is 1. The molecule has 1 N–H and O–H groups in total. The van der Waals surface area contributed by atoms with Crippen LogP contribution in [-0.2, 0) is 14.8 Å². The molecule has 0 spiro atoms. The Morgan fingerprint density at radius 2 is 1.70 bits per heavy atom. The van der Waals surface area contributed by atoms with Crippen molar-refractivity contribution in [2.45, 2.75) is 31.6 Å². The number of amides is 1. The normalized spacial score (nSPS) is 16.3. The number of halogens is 1. The molecule has 3 rings (SSSR count). The van der Waals surface area contributed by atoms with E-state index in [4.69, 9.17) is 0 Å². The van der Waals surface area contributed by atoms with Gasteiger partial charge in [-0.3, -0.25) is 4.79 Å². The molecule has 0 atom stereocenters. The number of hydrogen-bond acceptors (Lipinski definition) is 3. The largest absolute Gasteiger partial charge is 0.326 e. The monoisotopic (exact) mass is 450 g/mol. The lowest BCUT2D eigenvalue weighted by atomic mass is 9.97. The number of rotatable bonds is 4. The van der Waals surface area contributed by atoms with Crippen LogP contribution in [0.5, 0.6) is 0 Å². The van der Waals surface area contributed by atoms with Crippen LogP contribution in [0.25, 0.3) is 0 Å². The third-order valence-electron chi connectivity index (χ3n) is 4.93. The minimum atomic E-state index is -3.50. The molecule has 1 fully saturated rings. The van der Waals surface area contributed by atoms with E-state index in [2.05, 4.69) is 21.2 Å². The van der Waals surface area contributed by atoms with E-state index in [-0.39, 0.29) is 11.8 Å². The molecule has 0 unspecified atom stereocenters. The second-order valence-corrected chi connectivity index (χ2v) is 9.79. The Kier molecular flexibility index (Phi) is 6.03. The quantitative estimate of drug-likeness (QED) is 0.761. The molecule has 1 amide bonds. The minimum Gasteiger partial charge on any atom is -0.326 e. The van der Waals surface area contributed by atoms with Crippen LogP contribution >= 0.6 is 15.9 Å². The molecule has 1 heterocycles. The summed E-state index contributed by atoms with van der Waals surface area (Å²) >= 11 is 3.41. The van der Waals surface area contributed by atoms with Gasteiger partial charge in [0.25, 0.3) is 0 Å². The van der Waals surface area contributed by atoms with Crippen LogP contribution in [-0.4, -0.2) is 31.7 Å². The van der Waals surface area contributed by atoms with Gasteiger partial charge in [-0.05, 0) is 62.6 Å². The van der Waals surface area contributed by atoms with Crippen molar-refractivity contribution in [2.24, 2.45) is 5.92 Å². The lowest BCUT2D eigenvalue weighted by Gasteiger charge is -2.30. The predicted molar refractivity (Wildman–Crippen MR) is 110 cm³/mol. The van der Waals surface area contributed by atoms with E-state index in [9.17, 15) is 13.2 Å². The predicted octanol–water partition coefficient (Wildman–Crippen LogP) is 4.11. The Morgan fingerprint density at radius 3 is 2.30 bits per heavy atom. The van der Waals surface area contributed by atoms with Crippen LogP contribution in [0.1, 0.15) is 24.0 Å². The number of nitrogens with zero attached hydrogens (tertiary/aromatic N) is 1. The molecule has 0 aliphatic carbocycles. The zero-order valence-electron chi connectivity index (χ0n) is 15.4. The van der Waals surface area contributed by atoms with Gasteiger partial charge in [0.05, 0.1) is 4.90 Å². The molecule has 5 nitrogen and oxygen atoms in total. The summed E-state index contributed by atoms with van der Waals surface area (Å²) in [5.74, 6) is -0.231. The third kappa shape index (κ3) is 4.59. The maximum Gasteiger partial charge on any atom is 0.243 e. The second-order valence-electron chi connectivity index (χ2n) is 6.94. The van der Waals surface area contributed by atoms with Gasteiger partial charge in [-0.2, -0.15) is 4.31 Å². The highest BCUT2D eigenvalue weighted by molar-refractivity contribution is 9.10. The van der Waals surface area contributed by atoms with E-state index in [1.807, 2.05) is 32.0 Å². The minimum absolute atomic E-state index is 0.0483. The van der Waals surface area contributed by atoms with Crippen molar-refractivity contribution in [1.82, 2.24) is 4.31 Å². The number of hydrogen-bond donors (Lipinski definition) is 1. The van der Waals surface area contributed by atoms with Gasteiger partial charge in [-0.1, -0.05) is 33.6 Å². The maximum atomic E-state index is 12.8. The highest BCUT2D eigenvalue weighted by atomic mass is 79.9. The SMILES string of the molecule is Cc1ccc(S(=O)(=O)N2CCC(C(=O)Nc3ccc(Br)cc3C)CC2)cc1. The molecular weight excluding hydrogens is 428 g/mol. The number of carbonyl (C=O) groups is 1. The van der Waals surface area contributed by atoms with Crippen LogP contribution in [0.3, 0.4) is 0 Å². The molecule has 2 aromatic rings. The second kappa shape index (κ2) is 8.12. The van der Waals surface area contributed by atoms with Crippen LogP contribution in [0, 0.1) is 19.8 Å². The molecule has 1 aliphatic rings. The van der Waals surface area contributed by atoms with Gasteiger partial charge in [0, 0.05) is 29.2 Å². The molecule has 0 saturated carbocycles. The van der Waals surface area contributed by atoms with Gasteiger partial charge < -0.3 is 5.32 Å². The topological polar surface area (TPSA) is 66.5 Å². The van der Waals surface area contributed by atoms with Crippen molar-refractivity contribution in [3.63, 3.8) is 0 Å². The summed E-state index contributed by atoms with van der Waals surface area (Å²) in [5.41, 5.74) is 2.79. The number of aryl methyl sites for hydroxylation is 2. The summed E-state index contributed by atoms with van der Waals surface area (Å²) in [5, 5.41) is 2.97. The van der Waals surface area contributed by atoms with Crippen molar-refractivity contribution in [3.05, 3.63) is 58.1 Å². The lowest BCUT2D eigenvalue weighted by molar-refractivity contribution is -0.120. The summed E-state index contributed by atoms with van der Waals surface area (Å²) in [4.78, 5) is 12.9. The van der Waals surface area contributed by atoms with Gasteiger partial charge in [0.2, 0.25) is 15.9 Å². The Hall–Kier alpha value is -1.70. The lowest BCUT2D eigenvalue weighted by Crippen LogP contribution is -2.41. The molecule has 2 aromatic carbocycles. The van der Waals surface area contributed by atoms with Crippen LogP contribution < -0.4 is 5.32 Å². The zero-order valence-corrected chi connectivity index (χ0v) is 17.8. The Bertz CT molecular complexity index is 934. The molecule has 144 valence electrons. The Morgan fingerprint density at radius 1 is 1.07 bits per heavy atom. The van der Waals surface area contributed by atoms with E-state index in [0.29, 0.717) is 30.8 Å². The first kappa shape index (κ1) is 20.0. The van der Waals surface area contributed by atoms with Crippen molar-refractivity contribution in [1.29, 1.82) is 0 Å². The van der Waals surface area contributed by atoms with Crippen molar-refractivity contribution in [3.8, 4) is 0 Å². The van der Waals surface area contributed by atoms with E-state index in [1.54, 1.807) is 24.3 Å². The zero-order chi connectivity index (χ0) is 19.6. The molecule has 1 aliphatic heterocycles. The van der Waals surface area contributed by atoms with Gasteiger partial charge in [0.1, 0.15) is 0 Å². The van der Waals surface area contributed by atoms with Crippen molar-refractivity contribution >= 4 is 37.5 Å². The first-order chi connectivity index (χ1) is 12.8. The van der Waals surface area contributed by atoms with Crippen LogP contribution in [0.15, 0.2) is 51.8 Å². The van der Waals surface area contributed by atoms with Crippen LogP contribution in [0.4, 0.5) is 5.69 Å². The first-order valence-corrected chi connectivity index (χ1v) is 11.1. The first-order valence-electron chi connectivity index (χ1n) is 8.91. The molecule has 0 radical (unpaired) electrons. The van der Waals surface area contributed by atoms with Gasteiger partial charge in [0.15, 0.2) is 0 Å². The fraction of sp³-hybridized carbons (Fsp3) is 0.350. The van der Waals surface area contributed by atoms with Gasteiger partial charge in [-0.25, -0.2) is 8.42 Å². The summed E-state index contributed by atoms with van der Waals surface area (Å²) in [6.45, 7) is 4.58. The highest BCUT2D eigenvalue weighted by Crippen LogP contribution is 2.26. The Balaban J connectivity index is 1.62. The molecular formula is C20H23BrN2O3S. The molecule has 27 heavy (non-hydrogen) atoms. The fourth-order valence-electron chi connectivity index (χ4n) is 3.22. The average molecular weight is 451 g/mol. The highest BCUT2D eigenvalue weighted by Gasteiger charge is 2.32. The molecule has 1 saturated heterocycles. The van der Waals surface area contributed by atoms with Gasteiger partial charge >= 0.3 is 0 Å². The smallest absolute Gasteiger partial charge is 0.243 e. The number of benzene rings is 2. The van der Waals surface area contributed by atoms with E-state index < -0.39 is 10.0 Å². The summed E-state index contributed by atoms with van der Waals surface area (Å²) < 4.78 is 28.0. The van der Waals surface area contributed by atoms with E-state index >= 15 is 0 Å². The Labute approximate surface area is 169 Å². The fourth-order valence-corrected chi connectivity index (χ4v) is 5.17. The van der Waals surface area contributed by atoms with Crippen molar-refractivity contribution in [2.75, 3.05) is 18.4 Å². The van der Waals surface area contributed by atoms with Crippen LogP contribution in [0.2, 0.25) is 0 Å². The standard InChI is InChI=1S/C20H23BrN2O3S/c1-14-3-6-18(7-4-14)27(25,26)23-11-9-16(10-12-23)20(24)22-19-8-5-17(21)13-15(19)2/h3-8,13,16H,9-12H2,1-2H3,(H,22,24). The number of carbonyl (C=O) groups excluding carboxylic acids is 1.